The van der Waals surface area contributed by atoms with Crippen LogP contribution in [0.3, 0.4) is 0 Å². The highest BCUT2D eigenvalue weighted by atomic mass is 35.5. The number of ether oxygens (including phenoxy) is 3. The highest BCUT2D eigenvalue weighted by Crippen LogP contribution is 2.53. The van der Waals surface area contributed by atoms with Gasteiger partial charge in [0.05, 0.1) is 17.7 Å². The third-order valence-corrected chi connectivity index (χ3v) is 6.82. The topological polar surface area (TPSA) is 79.0 Å². The number of nitrogens with two attached hydrogens (primary N) is 1. The van der Waals surface area contributed by atoms with Gasteiger partial charge in [0.25, 0.3) is 6.02 Å². The second-order valence-electron chi connectivity index (χ2n) is 10.3. The Kier molecular flexibility index (Phi) is 5.33. The Bertz CT molecular complexity index is 1050. The molecule has 32 heavy (non-hydrogen) atoms. The van der Waals surface area contributed by atoms with Gasteiger partial charge in [-0.05, 0) is 48.4 Å². The Morgan fingerprint density at radius 2 is 2.03 bits per heavy atom. The number of fused-ring (bicyclic) bond motifs is 4. The van der Waals surface area contributed by atoms with Crippen molar-refractivity contribution >= 4 is 17.6 Å². The molecule has 7 heteroatoms. The summed E-state index contributed by atoms with van der Waals surface area (Å²) in [5, 5.41) is 0.601. The summed E-state index contributed by atoms with van der Waals surface area (Å²) >= 11 is 6.19. The van der Waals surface area contributed by atoms with Crippen LogP contribution in [0.15, 0.2) is 41.7 Å². The number of benzene rings is 1. The van der Waals surface area contributed by atoms with Crippen LogP contribution in [-0.4, -0.2) is 36.4 Å². The summed E-state index contributed by atoms with van der Waals surface area (Å²) in [4.78, 5) is 9.13. The molecular weight excluding hydrogens is 426 g/mol. The monoisotopic (exact) mass is 455 g/mol. The van der Waals surface area contributed by atoms with Crippen LogP contribution in [0, 0.1) is 11.3 Å². The molecule has 4 atom stereocenters. The van der Waals surface area contributed by atoms with Gasteiger partial charge in [-0.1, -0.05) is 38.4 Å². The van der Waals surface area contributed by atoms with Gasteiger partial charge in [-0.2, -0.15) is 0 Å². The van der Waals surface area contributed by atoms with Gasteiger partial charge >= 0.3 is 0 Å². The van der Waals surface area contributed by atoms with Crippen LogP contribution in [0.2, 0.25) is 5.02 Å². The Balaban J connectivity index is 1.52. The molecule has 170 valence electrons. The molecule has 3 aliphatic rings. The maximum atomic E-state index is 6.50. The van der Waals surface area contributed by atoms with Gasteiger partial charge in [-0.25, -0.2) is 4.99 Å². The molecule has 1 saturated carbocycles. The molecule has 2 aromatic rings. The zero-order valence-electron chi connectivity index (χ0n) is 18.8. The molecule has 0 bridgehead atoms. The van der Waals surface area contributed by atoms with Crippen LogP contribution in [0.5, 0.6) is 5.75 Å². The average Bonchev–Trinajstić information content (AvgIpc) is 3.14. The lowest BCUT2D eigenvalue weighted by atomic mass is 9.67. The molecule has 1 aromatic carbocycles. The molecule has 2 N–H and O–H groups in total. The quantitative estimate of drug-likeness (QED) is 0.709. The fourth-order valence-electron chi connectivity index (χ4n) is 5.12. The van der Waals surface area contributed by atoms with Crippen molar-refractivity contribution < 1.29 is 14.2 Å². The van der Waals surface area contributed by atoms with E-state index in [2.05, 4.69) is 31.8 Å². The van der Waals surface area contributed by atoms with E-state index in [0.717, 1.165) is 48.3 Å². The van der Waals surface area contributed by atoms with Crippen molar-refractivity contribution in [1.82, 2.24) is 4.98 Å². The summed E-state index contributed by atoms with van der Waals surface area (Å²) in [5.41, 5.74) is 8.59. The highest BCUT2D eigenvalue weighted by molar-refractivity contribution is 6.30. The molecule has 0 amide bonds. The second kappa shape index (κ2) is 7.92. The fraction of sp³-hybridized carbons (Fsp3) is 0.520. The lowest BCUT2D eigenvalue weighted by Crippen LogP contribution is -2.52. The van der Waals surface area contributed by atoms with E-state index >= 15 is 0 Å². The van der Waals surface area contributed by atoms with Crippen LogP contribution >= 0.6 is 11.6 Å². The number of nitrogens with zero attached hydrogens (tertiary/aromatic N) is 2. The maximum Gasteiger partial charge on any atom is 0.283 e. The van der Waals surface area contributed by atoms with Gasteiger partial charge in [-0.3, -0.25) is 4.98 Å². The first-order valence-corrected chi connectivity index (χ1v) is 11.6. The average molecular weight is 456 g/mol. The highest BCUT2D eigenvalue weighted by Gasteiger charge is 2.55. The molecule has 1 fully saturated rings. The third kappa shape index (κ3) is 3.95. The zero-order chi connectivity index (χ0) is 22.5. The summed E-state index contributed by atoms with van der Waals surface area (Å²) in [5.74, 6) is 0.976. The second-order valence-corrected chi connectivity index (χ2v) is 10.8. The van der Waals surface area contributed by atoms with Crippen LogP contribution < -0.4 is 10.5 Å². The molecule has 1 aromatic heterocycles. The number of aromatic nitrogens is 1. The van der Waals surface area contributed by atoms with Gasteiger partial charge in [0, 0.05) is 29.4 Å². The smallest absolute Gasteiger partial charge is 0.283 e. The Morgan fingerprint density at radius 3 is 2.75 bits per heavy atom. The van der Waals surface area contributed by atoms with Gasteiger partial charge < -0.3 is 19.9 Å². The van der Waals surface area contributed by atoms with Crippen LogP contribution in [0.4, 0.5) is 0 Å². The van der Waals surface area contributed by atoms with Gasteiger partial charge in [-0.15, -0.1) is 0 Å². The zero-order valence-corrected chi connectivity index (χ0v) is 19.6. The van der Waals surface area contributed by atoms with Crippen molar-refractivity contribution in [2.75, 3.05) is 13.2 Å². The van der Waals surface area contributed by atoms with Crippen LogP contribution in [0.1, 0.15) is 45.6 Å². The molecule has 1 unspecified atom stereocenters. The predicted octanol–water partition coefficient (Wildman–Crippen LogP) is 4.93. The van der Waals surface area contributed by atoms with E-state index in [-0.39, 0.29) is 29.6 Å². The number of hydrogen-bond acceptors (Lipinski definition) is 6. The van der Waals surface area contributed by atoms with E-state index in [4.69, 9.17) is 36.5 Å². The van der Waals surface area contributed by atoms with E-state index in [0.29, 0.717) is 11.6 Å². The minimum absolute atomic E-state index is 0.0638. The summed E-state index contributed by atoms with van der Waals surface area (Å²) < 4.78 is 18.6. The first kappa shape index (κ1) is 21.5. The Labute approximate surface area is 194 Å². The van der Waals surface area contributed by atoms with Crippen molar-refractivity contribution in [3.8, 4) is 16.9 Å². The number of aliphatic imine (C=N–C) groups is 1. The summed E-state index contributed by atoms with van der Waals surface area (Å²) in [7, 11) is 0. The van der Waals surface area contributed by atoms with Gasteiger partial charge in [0.2, 0.25) is 0 Å². The molecule has 6 nitrogen and oxygen atoms in total. The van der Waals surface area contributed by atoms with E-state index < -0.39 is 5.54 Å². The molecule has 3 heterocycles. The Hall–Kier alpha value is -2.31. The summed E-state index contributed by atoms with van der Waals surface area (Å²) in [6, 6.07) is 8.35. The van der Waals surface area contributed by atoms with Crippen molar-refractivity contribution in [2.24, 2.45) is 22.1 Å². The lowest BCUT2D eigenvalue weighted by molar-refractivity contribution is -0.0757. The normalized spacial score (nSPS) is 29.0. The minimum Gasteiger partial charge on any atom is -0.490 e. The van der Waals surface area contributed by atoms with Crippen molar-refractivity contribution in [2.45, 2.75) is 57.8 Å². The van der Waals surface area contributed by atoms with Crippen molar-refractivity contribution in [1.29, 1.82) is 0 Å². The van der Waals surface area contributed by atoms with E-state index in [1.165, 1.54) is 0 Å². The van der Waals surface area contributed by atoms with E-state index in [1.54, 1.807) is 6.20 Å². The molecule has 0 saturated heterocycles. The number of halogens is 1. The SMILES string of the molecule is CC(C)(C)CO[C@@H]1CCC2Oc3ccc(-c4cncc(Cl)c4)cc3[C@]3(COC(N)=N3)[C@H]2C1. The number of pyridine rings is 1. The Morgan fingerprint density at radius 1 is 1.19 bits per heavy atom. The molecule has 0 radical (unpaired) electrons. The fourth-order valence-corrected chi connectivity index (χ4v) is 5.30. The van der Waals surface area contributed by atoms with Crippen LogP contribution in [-0.2, 0) is 15.0 Å². The number of hydrogen-bond donors (Lipinski definition) is 1. The minimum atomic E-state index is -0.575. The first-order valence-electron chi connectivity index (χ1n) is 11.3. The van der Waals surface area contributed by atoms with E-state index in [1.807, 2.05) is 24.4 Å². The molecule has 2 aliphatic heterocycles. The molecular formula is C25H30ClN3O3. The first-order chi connectivity index (χ1) is 15.2. The lowest BCUT2D eigenvalue weighted by Gasteiger charge is -2.48. The molecule has 1 aliphatic carbocycles. The van der Waals surface area contributed by atoms with Crippen molar-refractivity contribution in [3.63, 3.8) is 0 Å². The summed E-state index contributed by atoms with van der Waals surface area (Å²) in [6.07, 6.45) is 6.46. The third-order valence-electron chi connectivity index (χ3n) is 6.62. The van der Waals surface area contributed by atoms with Gasteiger partial charge in [0.15, 0.2) is 0 Å². The van der Waals surface area contributed by atoms with Crippen molar-refractivity contribution in [3.05, 3.63) is 47.2 Å². The molecule has 5 rings (SSSR count). The largest absolute Gasteiger partial charge is 0.490 e. The van der Waals surface area contributed by atoms with E-state index in [9.17, 15) is 0 Å². The standard InChI is InChI=1S/C25H30ClN3O3/c1-24(2,3)13-30-18-5-7-22-20(10-18)25(14-31-23(27)29-25)19-9-15(4-6-21(19)32-22)16-8-17(26)12-28-11-16/h4,6,8-9,11-12,18,20,22H,5,7,10,13-14H2,1-3H3,(H2,27,29)/t18-,20+,22?,25-/m1/s1. The number of rotatable bonds is 3. The maximum absolute atomic E-state index is 6.50. The van der Waals surface area contributed by atoms with Crippen LogP contribution in [0.25, 0.3) is 11.1 Å². The predicted molar refractivity (Wildman–Crippen MR) is 125 cm³/mol. The van der Waals surface area contributed by atoms with Gasteiger partial charge in [0.1, 0.15) is 24.0 Å². The molecule has 1 spiro atoms. The summed E-state index contributed by atoms with van der Waals surface area (Å²) in [6.45, 7) is 7.74. The number of amidine groups is 1.